The third-order valence-electron chi connectivity index (χ3n) is 5.14. The molecule has 110 valence electrons. The number of anilines is 1. The molecule has 3 rings (SSSR count). The van der Waals surface area contributed by atoms with Gasteiger partial charge < -0.3 is 10.8 Å². The van der Waals surface area contributed by atoms with Gasteiger partial charge in [0.2, 0.25) is 5.95 Å². The smallest absolute Gasteiger partial charge is 0.219 e. The van der Waals surface area contributed by atoms with E-state index in [1.807, 2.05) is 0 Å². The standard InChI is InChI=1S/C15H24N4O/c1-2-15(20)5-3-4-12-9-19(10-13(12)15)8-11-6-17-14(16)18-7-11/h6-7,12-13,20H,2-5,8-10H2,1H3,(H2,16,17,18)/t12-,13+,15-/m1/s1. The molecule has 20 heavy (non-hydrogen) atoms. The molecule has 0 bridgehead atoms. The molecule has 0 unspecified atom stereocenters. The number of hydrogen-bond acceptors (Lipinski definition) is 5. The van der Waals surface area contributed by atoms with Crippen LogP contribution in [0.5, 0.6) is 0 Å². The van der Waals surface area contributed by atoms with Gasteiger partial charge in [0.25, 0.3) is 0 Å². The normalized spacial score (nSPS) is 34.1. The van der Waals surface area contributed by atoms with Crippen molar-refractivity contribution in [2.45, 2.75) is 44.8 Å². The maximum Gasteiger partial charge on any atom is 0.219 e. The van der Waals surface area contributed by atoms with Gasteiger partial charge in [-0.1, -0.05) is 13.3 Å². The van der Waals surface area contributed by atoms with Gasteiger partial charge in [-0.3, -0.25) is 4.90 Å². The third-order valence-corrected chi connectivity index (χ3v) is 5.14. The maximum absolute atomic E-state index is 10.8. The molecule has 0 amide bonds. The predicted octanol–water partition coefficient (Wildman–Crippen LogP) is 1.43. The van der Waals surface area contributed by atoms with E-state index in [0.29, 0.717) is 17.8 Å². The summed E-state index contributed by atoms with van der Waals surface area (Å²) in [5.41, 5.74) is 6.16. The number of rotatable bonds is 3. The van der Waals surface area contributed by atoms with E-state index in [1.165, 1.54) is 6.42 Å². The Morgan fingerprint density at radius 3 is 2.85 bits per heavy atom. The van der Waals surface area contributed by atoms with Gasteiger partial charge in [0, 0.05) is 43.5 Å². The van der Waals surface area contributed by atoms with Crippen molar-refractivity contribution >= 4 is 5.95 Å². The number of aliphatic hydroxyl groups is 1. The number of aromatic nitrogens is 2. The summed E-state index contributed by atoms with van der Waals surface area (Å²) < 4.78 is 0. The van der Waals surface area contributed by atoms with E-state index in [-0.39, 0.29) is 0 Å². The molecule has 1 aliphatic carbocycles. The molecular formula is C15H24N4O. The maximum atomic E-state index is 10.8. The Kier molecular flexibility index (Phi) is 3.65. The van der Waals surface area contributed by atoms with Crippen molar-refractivity contribution in [3.8, 4) is 0 Å². The first-order chi connectivity index (χ1) is 9.60. The molecule has 5 nitrogen and oxygen atoms in total. The molecule has 3 atom stereocenters. The van der Waals surface area contributed by atoms with Crippen LogP contribution in [-0.4, -0.2) is 38.7 Å². The van der Waals surface area contributed by atoms with Crippen LogP contribution in [0.1, 0.15) is 38.2 Å². The zero-order valence-corrected chi connectivity index (χ0v) is 12.1. The summed E-state index contributed by atoms with van der Waals surface area (Å²) >= 11 is 0. The van der Waals surface area contributed by atoms with Crippen molar-refractivity contribution < 1.29 is 5.11 Å². The average molecular weight is 276 g/mol. The molecule has 0 spiro atoms. The van der Waals surface area contributed by atoms with Crippen LogP contribution in [0.15, 0.2) is 12.4 Å². The summed E-state index contributed by atoms with van der Waals surface area (Å²) in [6.07, 6.45) is 7.84. The van der Waals surface area contributed by atoms with Gasteiger partial charge in [-0.05, 0) is 25.2 Å². The first kappa shape index (κ1) is 13.8. The highest BCUT2D eigenvalue weighted by Crippen LogP contribution is 2.44. The van der Waals surface area contributed by atoms with Crippen molar-refractivity contribution in [1.82, 2.24) is 14.9 Å². The van der Waals surface area contributed by atoms with E-state index in [4.69, 9.17) is 5.73 Å². The highest BCUT2D eigenvalue weighted by Gasteiger charge is 2.47. The zero-order chi connectivity index (χ0) is 14.2. The second-order valence-corrected chi connectivity index (χ2v) is 6.36. The molecule has 1 aliphatic heterocycles. The van der Waals surface area contributed by atoms with Crippen molar-refractivity contribution in [2.75, 3.05) is 18.8 Å². The van der Waals surface area contributed by atoms with Gasteiger partial charge in [0.1, 0.15) is 0 Å². The highest BCUT2D eigenvalue weighted by molar-refractivity contribution is 5.17. The number of nitrogens with two attached hydrogens (primary N) is 1. The van der Waals surface area contributed by atoms with Crippen LogP contribution in [0.25, 0.3) is 0 Å². The lowest BCUT2D eigenvalue weighted by molar-refractivity contribution is -0.0613. The van der Waals surface area contributed by atoms with E-state index < -0.39 is 5.60 Å². The lowest BCUT2D eigenvalue weighted by atomic mass is 9.69. The van der Waals surface area contributed by atoms with Crippen LogP contribution < -0.4 is 5.73 Å². The van der Waals surface area contributed by atoms with E-state index in [0.717, 1.165) is 44.5 Å². The van der Waals surface area contributed by atoms with Gasteiger partial charge in [-0.2, -0.15) is 0 Å². The van der Waals surface area contributed by atoms with Gasteiger partial charge in [0.05, 0.1) is 5.60 Å². The van der Waals surface area contributed by atoms with E-state index in [2.05, 4.69) is 21.8 Å². The minimum absolute atomic E-state index is 0.323. The quantitative estimate of drug-likeness (QED) is 0.873. The summed E-state index contributed by atoms with van der Waals surface area (Å²) in [4.78, 5) is 10.5. The lowest BCUT2D eigenvalue weighted by Gasteiger charge is -2.40. The Labute approximate surface area is 120 Å². The van der Waals surface area contributed by atoms with Crippen LogP contribution >= 0.6 is 0 Å². The van der Waals surface area contributed by atoms with E-state index >= 15 is 0 Å². The average Bonchev–Trinajstić information content (AvgIpc) is 2.86. The Balaban J connectivity index is 1.68. The largest absolute Gasteiger partial charge is 0.390 e. The van der Waals surface area contributed by atoms with Crippen LogP contribution in [-0.2, 0) is 6.54 Å². The molecule has 2 aliphatic rings. The first-order valence-electron chi connectivity index (χ1n) is 7.62. The minimum Gasteiger partial charge on any atom is -0.390 e. The minimum atomic E-state index is -0.449. The van der Waals surface area contributed by atoms with Gasteiger partial charge in [0.15, 0.2) is 0 Å². The number of fused-ring (bicyclic) bond motifs is 1. The summed E-state index contributed by atoms with van der Waals surface area (Å²) in [6.45, 7) is 5.03. The van der Waals surface area contributed by atoms with Crippen molar-refractivity contribution in [3.63, 3.8) is 0 Å². The molecular weight excluding hydrogens is 252 g/mol. The summed E-state index contributed by atoms with van der Waals surface area (Å²) in [6, 6.07) is 0. The predicted molar refractivity (Wildman–Crippen MR) is 77.8 cm³/mol. The molecule has 1 saturated carbocycles. The third kappa shape index (κ3) is 2.52. The molecule has 0 aromatic carbocycles. The molecule has 1 saturated heterocycles. The summed E-state index contributed by atoms with van der Waals surface area (Å²) in [7, 11) is 0. The molecule has 2 fully saturated rings. The van der Waals surface area contributed by atoms with Gasteiger partial charge in [-0.25, -0.2) is 9.97 Å². The fraction of sp³-hybridized carbons (Fsp3) is 0.733. The molecule has 5 heteroatoms. The number of nitrogens with zero attached hydrogens (tertiary/aromatic N) is 3. The zero-order valence-electron chi connectivity index (χ0n) is 12.1. The van der Waals surface area contributed by atoms with E-state index in [9.17, 15) is 5.11 Å². The van der Waals surface area contributed by atoms with Crippen LogP contribution in [0.4, 0.5) is 5.95 Å². The fourth-order valence-electron chi connectivity index (χ4n) is 3.99. The van der Waals surface area contributed by atoms with Crippen LogP contribution in [0.2, 0.25) is 0 Å². The van der Waals surface area contributed by atoms with Crippen LogP contribution in [0, 0.1) is 11.8 Å². The topological polar surface area (TPSA) is 75.3 Å². The van der Waals surface area contributed by atoms with Crippen LogP contribution in [0.3, 0.4) is 0 Å². The molecule has 2 heterocycles. The first-order valence-corrected chi connectivity index (χ1v) is 7.62. The van der Waals surface area contributed by atoms with Crippen molar-refractivity contribution in [3.05, 3.63) is 18.0 Å². The number of likely N-dealkylation sites (tertiary alicyclic amines) is 1. The summed E-state index contributed by atoms with van der Waals surface area (Å²) in [5.74, 6) is 1.39. The summed E-state index contributed by atoms with van der Waals surface area (Å²) in [5, 5.41) is 10.8. The Bertz CT molecular complexity index is 463. The van der Waals surface area contributed by atoms with E-state index in [1.54, 1.807) is 12.4 Å². The SMILES string of the molecule is CC[C@@]1(O)CCC[C@@H]2CN(Cc3cnc(N)nc3)C[C@@H]21. The molecule has 1 aromatic rings. The fourth-order valence-corrected chi connectivity index (χ4v) is 3.99. The molecule has 3 N–H and O–H groups in total. The second-order valence-electron chi connectivity index (χ2n) is 6.36. The lowest BCUT2D eigenvalue weighted by Crippen LogP contribution is -2.44. The van der Waals surface area contributed by atoms with Crippen molar-refractivity contribution in [2.24, 2.45) is 11.8 Å². The molecule has 1 aromatic heterocycles. The molecule has 0 radical (unpaired) electrons. The number of hydrogen-bond donors (Lipinski definition) is 2. The van der Waals surface area contributed by atoms with Gasteiger partial charge >= 0.3 is 0 Å². The number of nitrogen functional groups attached to an aromatic ring is 1. The Morgan fingerprint density at radius 1 is 1.40 bits per heavy atom. The Hall–Kier alpha value is -1.20. The monoisotopic (exact) mass is 276 g/mol. The van der Waals surface area contributed by atoms with Crippen molar-refractivity contribution in [1.29, 1.82) is 0 Å². The van der Waals surface area contributed by atoms with Gasteiger partial charge in [-0.15, -0.1) is 0 Å². The second kappa shape index (κ2) is 5.30. The Morgan fingerprint density at radius 2 is 2.15 bits per heavy atom. The highest BCUT2D eigenvalue weighted by atomic mass is 16.3.